The minimum atomic E-state index is -3.96. The fourth-order valence-corrected chi connectivity index (χ4v) is 5.99. The molecule has 0 radical (unpaired) electrons. The van der Waals surface area contributed by atoms with Gasteiger partial charge in [-0.2, -0.15) is 0 Å². The Morgan fingerprint density at radius 1 is 1.05 bits per heavy atom. The van der Waals surface area contributed by atoms with Crippen LogP contribution in [0.3, 0.4) is 0 Å². The molecule has 0 bridgehead atoms. The van der Waals surface area contributed by atoms with E-state index in [2.05, 4.69) is 14.7 Å². The summed E-state index contributed by atoms with van der Waals surface area (Å²) in [5.41, 5.74) is 1.44. The number of rotatable bonds is 9. The molecule has 2 aromatic heterocycles. The molecule has 4 aromatic rings. The highest BCUT2D eigenvalue weighted by Gasteiger charge is 2.26. The average Bonchev–Trinajstić information content (AvgIpc) is 3.54. The van der Waals surface area contributed by atoms with Crippen LogP contribution in [0.4, 0.5) is 5.69 Å². The van der Waals surface area contributed by atoms with Crippen molar-refractivity contribution >= 4 is 21.2 Å². The Morgan fingerprint density at radius 2 is 1.76 bits per heavy atom. The topological polar surface area (TPSA) is 128 Å². The molecule has 1 saturated carbocycles. The van der Waals surface area contributed by atoms with Crippen LogP contribution in [0.1, 0.15) is 57.0 Å². The molecule has 200 valence electrons. The summed E-state index contributed by atoms with van der Waals surface area (Å²) in [7, 11) is -3.96. The highest BCUT2D eigenvalue weighted by molar-refractivity contribution is 7.92. The van der Waals surface area contributed by atoms with Gasteiger partial charge in [0.25, 0.3) is 15.6 Å². The number of hydrogen-bond acceptors (Lipinski definition) is 7. The van der Waals surface area contributed by atoms with Gasteiger partial charge in [0.15, 0.2) is 11.3 Å². The minimum Gasteiger partial charge on any atom is -0.494 e. The van der Waals surface area contributed by atoms with Gasteiger partial charge < -0.3 is 14.5 Å². The number of imidazole rings is 1. The molecule has 0 spiro atoms. The Morgan fingerprint density at radius 3 is 2.45 bits per heavy atom. The lowest BCUT2D eigenvalue weighted by Gasteiger charge is -2.14. The number of ether oxygens (including phenoxy) is 2. The standard InChI is InChI=1S/C27H31N5O5S/c1-4-36-20-12-10-19(11-13-20)31-38(34,35)21-14-15-23(37-5-2)22(16-21)25-29-27(33)24-17(3)28-26(32(24)30-25)18-8-6-7-9-18/h10-16,18,31H,4-9H2,1-3H3,(H,29,30,33). The molecule has 1 aliphatic rings. The van der Waals surface area contributed by atoms with Gasteiger partial charge in [0, 0.05) is 11.6 Å². The van der Waals surface area contributed by atoms with Crippen molar-refractivity contribution < 1.29 is 17.9 Å². The maximum absolute atomic E-state index is 13.3. The SMILES string of the molecule is CCOc1ccc(NS(=O)(=O)c2ccc(OCC)c(-c3nn4c(C5CCCC5)nc(C)c4c(=O)[nH]3)c2)cc1. The van der Waals surface area contributed by atoms with E-state index in [-0.39, 0.29) is 22.2 Å². The van der Waals surface area contributed by atoms with Crippen molar-refractivity contribution in [2.45, 2.75) is 57.3 Å². The fourth-order valence-electron chi connectivity index (χ4n) is 4.91. The molecule has 1 fully saturated rings. The normalized spacial score (nSPS) is 14.2. The van der Waals surface area contributed by atoms with Gasteiger partial charge in [0.2, 0.25) is 0 Å². The van der Waals surface area contributed by atoms with Crippen LogP contribution in [-0.2, 0) is 10.0 Å². The van der Waals surface area contributed by atoms with Crippen LogP contribution in [0, 0.1) is 6.92 Å². The van der Waals surface area contributed by atoms with E-state index in [0.717, 1.165) is 31.5 Å². The monoisotopic (exact) mass is 537 g/mol. The molecule has 0 amide bonds. The minimum absolute atomic E-state index is 0.00501. The Labute approximate surface area is 221 Å². The van der Waals surface area contributed by atoms with Crippen LogP contribution in [-0.4, -0.2) is 41.2 Å². The number of hydrogen-bond donors (Lipinski definition) is 2. The highest BCUT2D eigenvalue weighted by atomic mass is 32.2. The quantitative estimate of drug-likeness (QED) is 0.318. The highest BCUT2D eigenvalue weighted by Crippen LogP contribution is 2.35. The molecule has 0 unspecified atom stereocenters. The van der Waals surface area contributed by atoms with Gasteiger partial charge in [-0.3, -0.25) is 9.52 Å². The van der Waals surface area contributed by atoms with Crippen molar-refractivity contribution in [2.24, 2.45) is 0 Å². The molecule has 10 nitrogen and oxygen atoms in total. The predicted octanol–water partition coefficient (Wildman–Crippen LogP) is 4.65. The maximum atomic E-state index is 13.3. The molecule has 0 aliphatic heterocycles. The van der Waals surface area contributed by atoms with Gasteiger partial charge in [0.05, 0.1) is 29.4 Å². The summed E-state index contributed by atoms with van der Waals surface area (Å²) < 4.78 is 42.0. The Balaban J connectivity index is 1.57. The number of sulfonamides is 1. The lowest BCUT2D eigenvalue weighted by atomic mass is 10.1. The Kier molecular flexibility index (Phi) is 7.11. The van der Waals surface area contributed by atoms with E-state index in [1.807, 2.05) is 13.8 Å². The third-order valence-corrected chi connectivity index (χ3v) is 8.03. The van der Waals surface area contributed by atoms with E-state index in [1.165, 1.54) is 12.1 Å². The number of nitrogens with zero attached hydrogens (tertiary/aromatic N) is 3. The molecule has 2 heterocycles. The van der Waals surface area contributed by atoms with Crippen molar-refractivity contribution in [1.29, 1.82) is 0 Å². The first-order chi connectivity index (χ1) is 18.3. The maximum Gasteiger partial charge on any atom is 0.277 e. The zero-order chi connectivity index (χ0) is 26.9. The van der Waals surface area contributed by atoms with Crippen molar-refractivity contribution in [2.75, 3.05) is 17.9 Å². The van der Waals surface area contributed by atoms with E-state index < -0.39 is 10.0 Å². The van der Waals surface area contributed by atoms with Crippen molar-refractivity contribution in [3.05, 3.63) is 64.3 Å². The summed E-state index contributed by atoms with van der Waals surface area (Å²) in [6.07, 6.45) is 4.23. The van der Waals surface area contributed by atoms with E-state index >= 15 is 0 Å². The summed E-state index contributed by atoms with van der Waals surface area (Å²) in [5.74, 6) is 2.27. The molecule has 2 N–H and O–H groups in total. The molecule has 0 atom stereocenters. The van der Waals surface area contributed by atoms with Gasteiger partial charge in [-0.15, -0.1) is 5.10 Å². The lowest BCUT2D eigenvalue weighted by molar-refractivity contribution is 0.340. The van der Waals surface area contributed by atoms with Crippen molar-refractivity contribution in [3.63, 3.8) is 0 Å². The first-order valence-corrected chi connectivity index (χ1v) is 14.3. The summed E-state index contributed by atoms with van der Waals surface area (Å²) in [5, 5.41) is 4.74. The first kappa shape index (κ1) is 25.8. The van der Waals surface area contributed by atoms with Crippen molar-refractivity contribution in [1.82, 2.24) is 19.6 Å². The number of aromatic amines is 1. The number of anilines is 1. The van der Waals surface area contributed by atoms with Crippen LogP contribution in [0.5, 0.6) is 11.5 Å². The third-order valence-electron chi connectivity index (χ3n) is 6.65. The molecular formula is C27H31N5O5S. The average molecular weight is 538 g/mol. The van der Waals surface area contributed by atoms with Crippen molar-refractivity contribution in [3.8, 4) is 22.9 Å². The van der Waals surface area contributed by atoms with Crippen LogP contribution in [0.2, 0.25) is 0 Å². The van der Waals surface area contributed by atoms with Gasteiger partial charge >= 0.3 is 0 Å². The molecule has 1 aliphatic carbocycles. The zero-order valence-electron chi connectivity index (χ0n) is 21.7. The van der Waals surface area contributed by atoms with Crippen LogP contribution >= 0.6 is 0 Å². The van der Waals surface area contributed by atoms with E-state index in [9.17, 15) is 13.2 Å². The van der Waals surface area contributed by atoms with E-state index in [1.54, 1.807) is 41.8 Å². The first-order valence-electron chi connectivity index (χ1n) is 12.8. The number of nitrogens with one attached hydrogen (secondary N) is 2. The second-order valence-electron chi connectivity index (χ2n) is 9.25. The second-order valence-corrected chi connectivity index (χ2v) is 10.9. The number of benzene rings is 2. The smallest absolute Gasteiger partial charge is 0.277 e. The van der Waals surface area contributed by atoms with Crippen LogP contribution in [0.15, 0.2) is 52.2 Å². The largest absolute Gasteiger partial charge is 0.494 e. The summed E-state index contributed by atoms with van der Waals surface area (Å²) in [6, 6.07) is 11.2. The van der Waals surface area contributed by atoms with Gasteiger partial charge in [-0.05, 0) is 76.1 Å². The molecule has 38 heavy (non-hydrogen) atoms. The number of fused-ring (bicyclic) bond motifs is 1. The van der Waals surface area contributed by atoms with Crippen LogP contribution < -0.4 is 19.8 Å². The predicted molar refractivity (Wildman–Crippen MR) is 145 cm³/mol. The Hall–Kier alpha value is -3.86. The summed E-state index contributed by atoms with van der Waals surface area (Å²) >= 11 is 0. The number of aromatic nitrogens is 4. The summed E-state index contributed by atoms with van der Waals surface area (Å²) in [4.78, 5) is 20.7. The number of aryl methyl sites for hydroxylation is 1. The van der Waals surface area contributed by atoms with Gasteiger partial charge in [-0.1, -0.05) is 12.8 Å². The number of H-pyrrole nitrogens is 1. The van der Waals surface area contributed by atoms with Gasteiger partial charge in [-0.25, -0.2) is 17.9 Å². The van der Waals surface area contributed by atoms with E-state index in [0.29, 0.717) is 47.2 Å². The zero-order valence-corrected chi connectivity index (χ0v) is 22.5. The fraction of sp³-hybridized carbons (Fsp3) is 0.370. The lowest BCUT2D eigenvalue weighted by Crippen LogP contribution is -2.17. The second kappa shape index (κ2) is 10.5. The molecular weight excluding hydrogens is 506 g/mol. The third kappa shape index (κ3) is 4.98. The molecule has 2 aromatic carbocycles. The molecule has 5 rings (SSSR count). The van der Waals surface area contributed by atoms with Gasteiger partial charge in [0.1, 0.15) is 17.3 Å². The van der Waals surface area contributed by atoms with Crippen LogP contribution in [0.25, 0.3) is 16.9 Å². The summed E-state index contributed by atoms with van der Waals surface area (Å²) in [6.45, 7) is 6.38. The Bertz CT molecular complexity index is 1620. The van der Waals surface area contributed by atoms with E-state index in [4.69, 9.17) is 14.6 Å². The molecule has 0 saturated heterocycles. The molecule has 11 heteroatoms.